The third-order valence-electron chi connectivity index (χ3n) is 5.10. The van der Waals surface area contributed by atoms with E-state index in [1.54, 1.807) is 11.3 Å². The maximum Gasteiger partial charge on any atom is 0.0794 e. The summed E-state index contributed by atoms with van der Waals surface area (Å²) in [7, 11) is 0. The molecular formula is C16H27N3S. The number of nitrogens with one attached hydrogen (secondary N) is 1. The van der Waals surface area contributed by atoms with Crippen molar-refractivity contribution in [3.8, 4) is 0 Å². The van der Waals surface area contributed by atoms with Crippen molar-refractivity contribution in [3.05, 3.63) is 16.6 Å². The van der Waals surface area contributed by atoms with Crippen molar-refractivity contribution in [3.63, 3.8) is 0 Å². The Hall–Kier alpha value is -0.450. The van der Waals surface area contributed by atoms with Crippen LogP contribution in [-0.2, 0) is 6.42 Å². The van der Waals surface area contributed by atoms with Gasteiger partial charge < -0.3 is 5.32 Å². The second-order valence-electron chi connectivity index (χ2n) is 7.08. The summed E-state index contributed by atoms with van der Waals surface area (Å²) in [6, 6.07) is 0.667. The van der Waals surface area contributed by atoms with Crippen molar-refractivity contribution in [1.29, 1.82) is 0 Å². The molecular weight excluding hydrogens is 266 g/mol. The molecule has 112 valence electrons. The van der Waals surface area contributed by atoms with E-state index in [4.69, 9.17) is 0 Å². The zero-order valence-corrected chi connectivity index (χ0v) is 13.7. The molecule has 1 aliphatic heterocycles. The van der Waals surface area contributed by atoms with E-state index in [0.29, 0.717) is 17.5 Å². The summed E-state index contributed by atoms with van der Waals surface area (Å²) in [4.78, 5) is 7.15. The molecule has 1 aromatic rings. The lowest BCUT2D eigenvalue weighted by Gasteiger charge is -2.48. The SMILES string of the molecule is CC(C)C1CNC(C)(C2CC2)CN1CCc1cscn1. The average Bonchev–Trinajstić information content (AvgIpc) is 3.15. The Kier molecular flexibility index (Phi) is 4.16. The highest BCUT2D eigenvalue weighted by Gasteiger charge is 2.46. The third kappa shape index (κ3) is 3.07. The van der Waals surface area contributed by atoms with Crippen molar-refractivity contribution >= 4 is 11.3 Å². The minimum absolute atomic E-state index is 0.341. The second kappa shape index (κ2) is 5.74. The molecule has 2 atom stereocenters. The molecule has 1 aliphatic carbocycles. The summed E-state index contributed by atoms with van der Waals surface area (Å²) in [5.41, 5.74) is 3.54. The number of nitrogens with zero attached hydrogens (tertiary/aromatic N) is 2. The number of thiazole rings is 1. The largest absolute Gasteiger partial charge is 0.308 e. The van der Waals surface area contributed by atoms with Crippen molar-refractivity contribution < 1.29 is 0 Å². The van der Waals surface area contributed by atoms with Gasteiger partial charge in [0.15, 0.2) is 0 Å². The standard InChI is InChI=1S/C16H27N3S/c1-12(2)15-8-18-16(3,13-4-5-13)10-19(15)7-6-14-9-20-11-17-14/h9,11-13,15,18H,4-8,10H2,1-3H3. The zero-order chi connectivity index (χ0) is 14.2. The van der Waals surface area contributed by atoms with Gasteiger partial charge in [0.2, 0.25) is 0 Å². The van der Waals surface area contributed by atoms with E-state index in [9.17, 15) is 0 Å². The molecule has 0 bridgehead atoms. The molecule has 2 unspecified atom stereocenters. The molecule has 20 heavy (non-hydrogen) atoms. The summed E-state index contributed by atoms with van der Waals surface area (Å²) in [5.74, 6) is 1.61. The molecule has 1 saturated carbocycles. The fourth-order valence-electron chi connectivity index (χ4n) is 3.58. The van der Waals surface area contributed by atoms with Crippen LogP contribution in [0.5, 0.6) is 0 Å². The van der Waals surface area contributed by atoms with Crippen molar-refractivity contribution in [2.75, 3.05) is 19.6 Å². The van der Waals surface area contributed by atoms with Crippen molar-refractivity contribution in [1.82, 2.24) is 15.2 Å². The van der Waals surface area contributed by atoms with Gasteiger partial charge in [-0.05, 0) is 31.6 Å². The highest BCUT2D eigenvalue weighted by atomic mass is 32.1. The molecule has 2 heterocycles. The van der Waals surface area contributed by atoms with E-state index in [1.807, 2.05) is 5.51 Å². The minimum Gasteiger partial charge on any atom is -0.308 e. The fourth-order valence-corrected chi connectivity index (χ4v) is 4.17. The van der Waals surface area contributed by atoms with Gasteiger partial charge in [0.1, 0.15) is 0 Å². The Morgan fingerprint density at radius 3 is 2.90 bits per heavy atom. The zero-order valence-electron chi connectivity index (χ0n) is 12.9. The summed E-state index contributed by atoms with van der Waals surface area (Å²) in [5, 5.41) is 6.04. The molecule has 2 aliphatic rings. The molecule has 0 radical (unpaired) electrons. The fraction of sp³-hybridized carbons (Fsp3) is 0.812. The Balaban J connectivity index is 1.65. The van der Waals surface area contributed by atoms with Gasteiger partial charge in [0, 0.05) is 43.0 Å². The molecule has 2 fully saturated rings. The Morgan fingerprint density at radius 1 is 1.50 bits per heavy atom. The molecule has 3 rings (SSSR count). The quantitative estimate of drug-likeness (QED) is 0.905. The van der Waals surface area contributed by atoms with Gasteiger partial charge in [-0.2, -0.15) is 0 Å². The van der Waals surface area contributed by atoms with Crippen LogP contribution in [0, 0.1) is 11.8 Å². The highest BCUT2D eigenvalue weighted by molar-refractivity contribution is 7.07. The summed E-state index contributed by atoms with van der Waals surface area (Å²) in [6.45, 7) is 10.6. The maximum absolute atomic E-state index is 4.43. The lowest BCUT2D eigenvalue weighted by molar-refractivity contribution is 0.0532. The first-order valence-electron chi connectivity index (χ1n) is 7.94. The van der Waals surface area contributed by atoms with Crippen LogP contribution in [0.3, 0.4) is 0 Å². The average molecular weight is 293 g/mol. The Morgan fingerprint density at radius 2 is 2.30 bits per heavy atom. The van der Waals surface area contributed by atoms with Crippen molar-refractivity contribution in [2.45, 2.75) is 51.6 Å². The van der Waals surface area contributed by atoms with Gasteiger partial charge in [0.25, 0.3) is 0 Å². The summed E-state index contributed by atoms with van der Waals surface area (Å²) >= 11 is 1.71. The molecule has 0 aromatic carbocycles. The van der Waals surface area contributed by atoms with E-state index in [2.05, 4.69) is 41.4 Å². The predicted octanol–water partition coefficient (Wildman–Crippen LogP) is 2.78. The molecule has 0 amide bonds. The minimum atomic E-state index is 0.341. The molecule has 0 spiro atoms. The normalized spacial score (nSPS) is 31.9. The Bertz CT molecular complexity index is 427. The van der Waals surface area contributed by atoms with E-state index < -0.39 is 0 Å². The third-order valence-corrected chi connectivity index (χ3v) is 5.74. The van der Waals surface area contributed by atoms with E-state index >= 15 is 0 Å². The lowest BCUT2D eigenvalue weighted by Crippen LogP contribution is -2.65. The Labute approximate surface area is 126 Å². The first-order valence-corrected chi connectivity index (χ1v) is 8.89. The van der Waals surface area contributed by atoms with E-state index in [1.165, 1.54) is 25.1 Å². The smallest absolute Gasteiger partial charge is 0.0794 e. The van der Waals surface area contributed by atoms with Crippen LogP contribution < -0.4 is 5.32 Å². The molecule has 3 nitrogen and oxygen atoms in total. The number of piperazine rings is 1. The van der Waals surface area contributed by atoms with Gasteiger partial charge >= 0.3 is 0 Å². The number of hydrogen-bond acceptors (Lipinski definition) is 4. The van der Waals surface area contributed by atoms with Crippen LogP contribution in [0.25, 0.3) is 0 Å². The van der Waals surface area contributed by atoms with Crippen LogP contribution in [0.15, 0.2) is 10.9 Å². The van der Waals surface area contributed by atoms with Crippen LogP contribution in [-0.4, -0.2) is 41.1 Å². The maximum atomic E-state index is 4.43. The van der Waals surface area contributed by atoms with Crippen LogP contribution in [0.2, 0.25) is 0 Å². The van der Waals surface area contributed by atoms with Crippen molar-refractivity contribution in [2.24, 2.45) is 11.8 Å². The van der Waals surface area contributed by atoms with Gasteiger partial charge in [-0.1, -0.05) is 13.8 Å². The van der Waals surface area contributed by atoms with Gasteiger partial charge in [-0.3, -0.25) is 4.90 Å². The molecule has 1 aromatic heterocycles. The molecule has 1 saturated heterocycles. The number of rotatable bonds is 5. The molecule has 1 N–H and O–H groups in total. The van der Waals surface area contributed by atoms with Crippen LogP contribution in [0.1, 0.15) is 39.3 Å². The number of hydrogen-bond donors (Lipinski definition) is 1. The monoisotopic (exact) mass is 293 g/mol. The topological polar surface area (TPSA) is 28.2 Å². The van der Waals surface area contributed by atoms with Crippen LogP contribution >= 0.6 is 11.3 Å². The first-order chi connectivity index (χ1) is 9.58. The highest BCUT2D eigenvalue weighted by Crippen LogP contribution is 2.41. The van der Waals surface area contributed by atoms with E-state index in [0.717, 1.165) is 25.4 Å². The second-order valence-corrected chi connectivity index (χ2v) is 7.80. The van der Waals surface area contributed by atoms with E-state index in [-0.39, 0.29) is 0 Å². The predicted molar refractivity (Wildman–Crippen MR) is 85.1 cm³/mol. The summed E-state index contributed by atoms with van der Waals surface area (Å²) in [6.07, 6.45) is 3.92. The van der Waals surface area contributed by atoms with Gasteiger partial charge in [-0.25, -0.2) is 4.98 Å². The van der Waals surface area contributed by atoms with Gasteiger partial charge in [-0.15, -0.1) is 11.3 Å². The number of aromatic nitrogens is 1. The van der Waals surface area contributed by atoms with Crippen LogP contribution in [0.4, 0.5) is 0 Å². The first kappa shape index (κ1) is 14.5. The molecule has 4 heteroatoms. The lowest BCUT2D eigenvalue weighted by atomic mass is 9.88. The van der Waals surface area contributed by atoms with Gasteiger partial charge in [0.05, 0.1) is 11.2 Å². The summed E-state index contributed by atoms with van der Waals surface area (Å²) < 4.78 is 0.